The minimum absolute atomic E-state index is 0.253. The molecule has 160 valence electrons. The molecule has 1 heterocycles. The van der Waals surface area contributed by atoms with Crippen LogP contribution in [0, 0.1) is 5.82 Å². The second-order valence-corrected chi connectivity index (χ2v) is 8.94. The molecule has 4 rings (SSSR count). The molecule has 0 aliphatic carbocycles. The third-order valence-corrected chi connectivity index (χ3v) is 6.60. The van der Waals surface area contributed by atoms with Gasteiger partial charge in [0.05, 0.1) is 22.3 Å². The summed E-state index contributed by atoms with van der Waals surface area (Å²) in [5.41, 5.74) is 2.54. The third kappa shape index (κ3) is 4.76. The van der Waals surface area contributed by atoms with Crippen molar-refractivity contribution in [3.8, 4) is 5.69 Å². The van der Waals surface area contributed by atoms with Gasteiger partial charge in [-0.25, -0.2) is 22.2 Å². The quantitative estimate of drug-likeness (QED) is 0.429. The number of sulfonamides is 1. The van der Waals surface area contributed by atoms with Crippen molar-refractivity contribution >= 4 is 26.6 Å². The van der Waals surface area contributed by atoms with Crippen molar-refractivity contribution in [1.82, 2.24) is 14.5 Å². The first kappa shape index (κ1) is 21.0. The summed E-state index contributed by atoms with van der Waals surface area (Å²) in [6.07, 6.45) is 2.39. The standard InChI is InChI=1S/C23H23FN4O2S/c1-2-19(27-31(29,30)22-6-4-3-5-7-22)16-25-20-10-13-23-17(14-20)15-26-28(23)21-11-8-18(24)9-12-21/h3-15,19,25,27H,2,16H2,1H3/t19-/m0/s1. The lowest BCUT2D eigenvalue weighted by atomic mass is 10.2. The van der Waals surface area contributed by atoms with Crippen molar-refractivity contribution in [2.75, 3.05) is 11.9 Å². The molecule has 0 unspecified atom stereocenters. The van der Waals surface area contributed by atoms with Gasteiger partial charge in [-0.2, -0.15) is 5.10 Å². The zero-order chi connectivity index (χ0) is 21.8. The fourth-order valence-corrected chi connectivity index (χ4v) is 4.67. The average molecular weight is 439 g/mol. The number of halogens is 1. The van der Waals surface area contributed by atoms with Gasteiger partial charge in [-0.15, -0.1) is 0 Å². The zero-order valence-electron chi connectivity index (χ0n) is 17.0. The number of hydrogen-bond donors (Lipinski definition) is 2. The number of anilines is 1. The number of hydrogen-bond acceptors (Lipinski definition) is 4. The predicted octanol–water partition coefficient (Wildman–Crippen LogP) is 4.33. The van der Waals surface area contributed by atoms with Crippen LogP contribution in [0.4, 0.5) is 10.1 Å². The second kappa shape index (κ2) is 8.87. The molecule has 0 aliphatic rings. The molecule has 0 fully saturated rings. The van der Waals surface area contributed by atoms with E-state index in [0.717, 1.165) is 22.3 Å². The number of rotatable bonds is 8. The minimum atomic E-state index is -3.57. The summed E-state index contributed by atoms with van der Waals surface area (Å²) in [4.78, 5) is 0.253. The molecule has 0 saturated carbocycles. The van der Waals surface area contributed by atoms with E-state index in [0.29, 0.717) is 13.0 Å². The predicted molar refractivity (Wildman–Crippen MR) is 120 cm³/mol. The van der Waals surface area contributed by atoms with Crippen molar-refractivity contribution in [3.63, 3.8) is 0 Å². The van der Waals surface area contributed by atoms with Gasteiger partial charge >= 0.3 is 0 Å². The molecular formula is C23H23FN4O2S. The Kier molecular flexibility index (Phi) is 6.01. The highest BCUT2D eigenvalue weighted by Crippen LogP contribution is 2.22. The van der Waals surface area contributed by atoms with Gasteiger partial charge in [0.2, 0.25) is 10.0 Å². The van der Waals surface area contributed by atoms with Gasteiger partial charge in [-0.1, -0.05) is 25.1 Å². The number of benzene rings is 3. The molecule has 0 spiro atoms. The highest BCUT2D eigenvalue weighted by molar-refractivity contribution is 7.89. The van der Waals surface area contributed by atoms with Crippen LogP contribution in [0.3, 0.4) is 0 Å². The van der Waals surface area contributed by atoms with E-state index in [4.69, 9.17) is 0 Å². The number of nitrogens with zero attached hydrogens (tertiary/aromatic N) is 2. The summed E-state index contributed by atoms with van der Waals surface area (Å²) in [7, 11) is -3.57. The van der Waals surface area contributed by atoms with Crippen LogP contribution in [0.5, 0.6) is 0 Å². The van der Waals surface area contributed by atoms with Crippen molar-refractivity contribution in [2.24, 2.45) is 0 Å². The van der Waals surface area contributed by atoms with E-state index in [1.807, 2.05) is 25.1 Å². The van der Waals surface area contributed by atoms with Crippen LogP contribution in [-0.4, -0.2) is 30.8 Å². The number of aromatic nitrogens is 2. The first-order valence-corrected chi connectivity index (χ1v) is 11.5. The van der Waals surface area contributed by atoms with Gasteiger partial charge in [-0.05, 0) is 61.0 Å². The smallest absolute Gasteiger partial charge is 0.240 e. The lowest BCUT2D eigenvalue weighted by Crippen LogP contribution is -2.39. The van der Waals surface area contributed by atoms with Gasteiger partial charge in [-0.3, -0.25) is 0 Å². The summed E-state index contributed by atoms with van der Waals surface area (Å²) in [5.74, 6) is -0.292. The Morgan fingerprint density at radius 2 is 1.77 bits per heavy atom. The Labute approximate surface area is 180 Å². The molecule has 8 heteroatoms. The number of nitrogens with one attached hydrogen (secondary N) is 2. The van der Waals surface area contributed by atoms with Crippen molar-refractivity contribution in [2.45, 2.75) is 24.3 Å². The molecule has 6 nitrogen and oxygen atoms in total. The normalized spacial score (nSPS) is 12.7. The molecule has 1 aromatic heterocycles. The van der Waals surface area contributed by atoms with Crippen molar-refractivity contribution in [1.29, 1.82) is 0 Å². The Balaban J connectivity index is 1.46. The first-order chi connectivity index (χ1) is 15.0. The average Bonchev–Trinajstić information content (AvgIpc) is 3.21. The molecule has 0 amide bonds. The van der Waals surface area contributed by atoms with E-state index in [-0.39, 0.29) is 16.8 Å². The molecule has 3 aromatic carbocycles. The molecular weight excluding hydrogens is 415 g/mol. The summed E-state index contributed by atoms with van der Waals surface area (Å²) < 4.78 is 42.8. The van der Waals surface area contributed by atoms with Crippen LogP contribution in [0.2, 0.25) is 0 Å². The minimum Gasteiger partial charge on any atom is -0.383 e. The molecule has 2 N–H and O–H groups in total. The largest absolute Gasteiger partial charge is 0.383 e. The Hall–Kier alpha value is -3.23. The Bertz CT molecular complexity index is 1270. The van der Waals surface area contributed by atoms with Crippen molar-refractivity contribution < 1.29 is 12.8 Å². The lowest BCUT2D eigenvalue weighted by molar-refractivity contribution is 0.548. The first-order valence-electron chi connectivity index (χ1n) is 10.0. The van der Waals surface area contributed by atoms with E-state index in [2.05, 4.69) is 15.1 Å². The van der Waals surface area contributed by atoms with Crippen LogP contribution in [-0.2, 0) is 10.0 Å². The Morgan fingerprint density at radius 3 is 2.48 bits per heavy atom. The fourth-order valence-electron chi connectivity index (χ4n) is 3.33. The maximum absolute atomic E-state index is 13.2. The molecule has 0 aliphatic heterocycles. The van der Waals surface area contributed by atoms with E-state index in [1.165, 1.54) is 12.1 Å². The maximum atomic E-state index is 13.2. The molecule has 1 atom stereocenters. The third-order valence-electron chi connectivity index (χ3n) is 5.06. The molecule has 4 aromatic rings. The van der Waals surface area contributed by atoms with Crippen molar-refractivity contribution in [3.05, 3.63) is 84.8 Å². The van der Waals surface area contributed by atoms with Gasteiger partial charge in [0.15, 0.2) is 0 Å². The zero-order valence-corrected chi connectivity index (χ0v) is 17.8. The SMILES string of the molecule is CC[C@@H](CNc1ccc2c(cnn2-c2ccc(F)cc2)c1)NS(=O)(=O)c1ccccc1. The van der Waals surface area contributed by atoms with Gasteiger partial charge in [0, 0.05) is 23.7 Å². The molecule has 31 heavy (non-hydrogen) atoms. The summed E-state index contributed by atoms with van der Waals surface area (Å²) in [6, 6.07) is 20.1. The fraction of sp³-hybridized carbons (Fsp3) is 0.174. The molecule has 0 saturated heterocycles. The highest BCUT2D eigenvalue weighted by atomic mass is 32.2. The van der Waals surface area contributed by atoms with E-state index in [1.54, 1.807) is 53.3 Å². The topological polar surface area (TPSA) is 76.0 Å². The van der Waals surface area contributed by atoms with Gasteiger partial charge in [0.25, 0.3) is 0 Å². The highest BCUT2D eigenvalue weighted by Gasteiger charge is 2.18. The van der Waals surface area contributed by atoms with Gasteiger partial charge < -0.3 is 5.32 Å². The maximum Gasteiger partial charge on any atom is 0.240 e. The van der Waals surface area contributed by atoms with Crippen LogP contribution in [0.15, 0.2) is 83.9 Å². The molecule has 0 bridgehead atoms. The van der Waals surface area contributed by atoms with Crippen LogP contribution in [0.1, 0.15) is 13.3 Å². The van der Waals surface area contributed by atoms with Crippen LogP contribution < -0.4 is 10.0 Å². The van der Waals surface area contributed by atoms with E-state index < -0.39 is 10.0 Å². The van der Waals surface area contributed by atoms with Crippen LogP contribution in [0.25, 0.3) is 16.6 Å². The summed E-state index contributed by atoms with van der Waals surface area (Å²) >= 11 is 0. The summed E-state index contributed by atoms with van der Waals surface area (Å²) in [5, 5.41) is 8.63. The van der Waals surface area contributed by atoms with E-state index >= 15 is 0 Å². The summed E-state index contributed by atoms with van der Waals surface area (Å²) in [6.45, 7) is 2.38. The second-order valence-electron chi connectivity index (χ2n) is 7.23. The molecule has 0 radical (unpaired) electrons. The van der Waals surface area contributed by atoms with E-state index in [9.17, 15) is 12.8 Å². The monoisotopic (exact) mass is 438 g/mol. The van der Waals surface area contributed by atoms with Crippen LogP contribution >= 0.6 is 0 Å². The van der Waals surface area contributed by atoms with Gasteiger partial charge in [0.1, 0.15) is 5.82 Å². The number of fused-ring (bicyclic) bond motifs is 1. The Morgan fingerprint density at radius 1 is 1.03 bits per heavy atom. The lowest BCUT2D eigenvalue weighted by Gasteiger charge is -2.18.